The van der Waals surface area contributed by atoms with E-state index in [0.29, 0.717) is 5.54 Å². The maximum atomic E-state index is 5.52. The van der Waals surface area contributed by atoms with E-state index in [2.05, 4.69) is 11.9 Å². The summed E-state index contributed by atoms with van der Waals surface area (Å²) in [5.74, 6) is 0. The van der Waals surface area contributed by atoms with Crippen molar-refractivity contribution in [2.45, 2.75) is 38.7 Å². The summed E-state index contributed by atoms with van der Waals surface area (Å²) in [7, 11) is 2.52. The molecule has 0 amide bonds. The van der Waals surface area contributed by atoms with E-state index in [1.54, 1.807) is 21.3 Å². The maximum Gasteiger partial charge on any atom is 0.503 e. The van der Waals surface area contributed by atoms with Crippen LogP contribution in [-0.4, -0.2) is 42.9 Å². The Balaban J connectivity index is 4.56. The van der Waals surface area contributed by atoms with E-state index >= 15 is 0 Å². The van der Waals surface area contributed by atoms with Crippen molar-refractivity contribution < 1.29 is 13.3 Å². The zero-order valence-electron chi connectivity index (χ0n) is 11.2. The highest BCUT2D eigenvalue weighted by Gasteiger charge is 2.46. The van der Waals surface area contributed by atoms with Gasteiger partial charge in [0.2, 0.25) is 0 Å². The molecule has 1 unspecified atom stereocenters. The van der Waals surface area contributed by atoms with Gasteiger partial charge in [-0.1, -0.05) is 13.3 Å². The standard InChI is InChI=1S/C11H25NO3Si/c1-6-8-11(9-10-12-7-2)16(13-3,14-4)15-5/h7,11H,6,8-10H2,1-5H3. The zero-order chi connectivity index (χ0) is 12.4. The normalized spacial score (nSPS) is 14.6. The summed E-state index contributed by atoms with van der Waals surface area (Å²) >= 11 is 0. The molecule has 4 nitrogen and oxygen atoms in total. The molecule has 96 valence electrons. The summed E-state index contributed by atoms with van der Waals surface area (Å²) < 4.78 is 16.6. The van der Waals surface area contributed by atoms with Crippen molar-refractivity contribution in [2.24, 2.45) is 4.99 Å². The average molecular weight is 247 g/mol. The summed E-state index contributed by atoms with van der Waals surface area (Å²) in [6, 6.07) is 0. The predicted molar refractivity (Wildman–Crippen MR) is 69.1 cm³/mol. The second kappa shape index (κ2) is 8.87. The number of nitrogens with zero attached hydrogens (tertiary/aromatic N) is 1. The summed E-state index contributed by atoms with van der Waals surface area (Å²) in [6.07, 6.45) is 4.95. The smallest absolute Gasteiger partial charge is 0.377 e. The highest BCUT2D eigenvalue weighted by atomic mass is 28.4. The fourth-order valence-electron chi connectivity index (χ4n) is 1.96. The highest BCUT2D eigenvalue weighted by Crippen LogP contribution is 2.31. The first-order valence-electron chi connectivity index (χ1n) is 5.80. The quantitative estimate of drug-likeness (QED) is 0.464. The molecule has 0 saturated carbocycles. The lowest BCUT2D eigenvalue weighted by Gasteiger charge is -2.32. The van der Waals surface area contributed by atoms with E-state index < -0.39 is 8.80 Å². The summed E-state index contributed by atoms with van der Waals surface area (Å²) in [4.78, 5) is 4.24. The molecule has 0 rings (SSSR count). The lowest BCUT2D eigenvalue weighted by Crippen LogP contribution is -2.48. The summed E-state index contributed by atoms with van der Waals surface area (Å²) in [6.45, 7) is 4.91. The average Bonchev–Trinajstić information content (AvgIpc) is 2.32. The van der Waals surface area contributed by atoms with Crippen LogP contribution in [-0.2, 0) is 13.3 Å². The van der Waals surface area contributed by atoms with Gasteiger partial charge in [0.1, 0.15) is 0 Å². The molecular weight excluding hydrogens is 222 g/mol. The Morgan fingerprint density at radius 2 is 1.69 bits per heavy atom. The Morgan fingerprint density at radius 1 is 1.12 bits per heavy atom. The van der Waals surface area contributed by atoms with Gasteiger partial charge >= 0.3 is 8.80 Å². The minimum Gasteiger partial charge on any atom is -0.377 e. The van der Waals surface area contributed by atoms with Gasteiger partial charge in [0, 0.05) is 33.4 Å². The van der Waals surface area contributed by atoms with Gasteiger partial charge in [-0.2, -0.15) is 0 Å². The van der Waals surface area contributed by atoms with Crippen LogP contribution in [0.5, 0.6) is 0 Å². The van der Waals surface area contributed by atoms with Gasteiger partial charge in [0.25, 0.3) is 0 Å². The monoisotopic (exact) mass is 247 g/mol. The highest BCUT2D eigenvalue weighted by molar-refractivity contribution is 6.62. The van der Waals surface area contributed by atoms with E-state index in [-0.39, 0.29) is 0 Å². The molecule has 0 aromatic carbocycles. The van der Waals surface area contributed by atoms with Crippen LogP contribution < -0.4 is 0 Å². The van der Waals surface area contributed by atoms with Crippen molar-refractivity contribution in [3.05, 3.63) is 0 Å². The van der Waals surface area contributed by atoms with Crippen LogP contribution in [0, 0.1) is 0 Å². The molecule has 0 aliphatic carbocycles. The molecule has 0 aromatic heterocycles. The molecular formula is C11H25NO3Si. The van der Waals surface area contributed by atoms with E-state index in [0.717, 1.165) is 25.8 Å². The minimum atomic E-state index is -2.49. The van der Waals surface area contributed by atoms with Crippen LogP contribution in [0.2, 0.25) is 5.54 Å². The van der Waals surface area contributed by atoms with Crippen LogP contribution in [0.4, 0.5) is 0 Å². The van der Waals surface area contributed by atoms with Crippen LogP contribution >= 0.6 is 0 Å². The van der Waals surface area contributed by atoms with Gasteiger partial charge in [0.15, 0.2) is 0 Å². The molecule has 0 spiro atoms. The van der Waals surface area contributed by atoms with Crippen molar-refractivity contribution in [3.63, 3.8) is 0 Å². The van der Waals surface area contributed by atoms with Crippen molar-refractivity contribution in [3.8, 4) is 0 Å². The Kier molecular flexibility index (Phi) is 8.74. The molecule has 0 N–H and O–H groups in total. The number of aliphatic imine (C=N–C) groups is 1. The van der Waals surface area contributed by atoms with Gasteiger partial charge in [-0.25, -0.2) is 0 Å². The Hall–Kier alpha value is -0.233. The molecule has 0 heterocycles. The van der Waals surface area contributed by atoms with Gasteiger partial charge < -0.3 is 13.3 Å². The van der Waals surface area contributed by atoms with Gasteiger partial charge in [-0.05, 0) is 26.0 Å². The predicted octanol–water partition coefficient (Wildman–Crippen LogP) is 2.52. The van der Waals surface area contributed by atoms with E-state index in [1.165, 1.54) is 0 Å². The number of hydrogen-bond acceptors (Lipinski definition) is 4. The molecule has 0 radical (unpaired) electrons. The zero-order valence-corrected chi connectivity index (χ0v) is 12.2. The van der Waals surface area contributed by atoms with Crippen molar-refractivity contribution in [2.75, 3.05) is 27.9 Å². The molecule has 0 aromatic rings. The van der Waals surface area contributed by atoms with Gasteiger partial charge in [-0.3, -0.25) is 4.99 Å². The first kappa shape index (κ1) is 15.8. The second-order valence-corrected chi connectivity index (χ2v) is 6.90. The van der Waals surface area contributed by atoms with Crippen LogP contribution in [0.3, 0.4) is 0 Å². The summed E-state index contributed by atoms with van der Waals surface area (Å²) in [5.41, 5.74) is 0.334. The Morgan fingerprint density at radius 3 is 2.06 bits per heavy atom. The third-order valence-corrected chi connectivity index (χ3v) is 6.06. The molecule has 1 atom stereocenters. The number of hydrogen-bond donors (Lipinski definition) is 0. The van der Waals surface area contributed by atoms with E-state index in [4.69, 9.17) is 13.3 Å². The lowest BCUT2D eigenvalue weighted by molar-refractivity contribution is 0.108. The molecule has 16 heavy (non-hydrogen) atoms. The minimum absolute atomic E-state index is 0.334. The fraction of sp³-hybridized carbons (Fsp3) is 0.909. The first-order chi connectivity index (χ1) is 7.70. The lowest BCUT2D eigenvalue weighted by atomic mass is 10.2. The molecule has 5 heteroatoms. The van der Waals surface area contributed by atoms with Crippen LogP contribution in [0.25, 0.3) is 0 Å². The first-order valence-corrected chi connectivity index (χ1v) is 7.60. The maximum absolute atomic E-state index is 5.52. The Bertz CT molecular complexity index is 187. The Labute approximate surface area is 100 Å². The van der Waals surface area contributed by atoms with Crippen molar-refractivity contribution in [1.29, 1.82) is 0 Å². The second-order valence-electron chi connectivity index (χ2n) is 3.65. The van der Waals surface area contributed by atoms with Gasteiger partial charge in [0.05, 0.1) is 0 Å². The third-order valence-electron chi connectivity index (χ3n) is 2.78. The SMILES string of the molecule is CC=NCCC(CCC)[Si](OC)(OC)OC. The fourth-order valence-corrected chi connectivity index (χ4v) is 4.58. The summed E-state index contributed by atoms with van der Waals surface area (Å²) in [5, 5.41) is 0. The van der Waals surface area contributed by atoms with Crippen LogP contribution in [0.15, 0.2) is 4.99 Å². The topological polar surface area (TPSA) is 40.0 Å². The van der Waals surface area contributed by atoms with E-state index in [1.807, 2.05) is 13.1 Å². The van der Waals surface area contributed by atoms with Crippen molar-refractivity contribution in [1.82, 2.24) is 0 Å². The molecule has 0 aliphatic heterocycles. The largest absolute Gasteiger partial charge is 0.503 e. The molecule has 0 aliphatic rings. The van der Waals surface area contributed by atoms with E-state index in [9.17, 15) is 0 Å². The van der Waals surface area contributed by atoms with Gasteiger partial charge in [-0.15, -0.1) is 0 Å². The molecule has 0 bridgehead atoms. The van der Waals surface area contributed by atoms with Crippen molar-refractivity contribution >= 4 is 15.0 Å². The van der Waals surface area contributed by atoms with Crippen LogP contribution in [0.1, 0.15) is 33.1 Å². The third kappa shape index (κ3) is 4.33. The molecule has 0 fully saturated rings. The number of rotatable bonds is 9. The molecule has 0 saturated heterocycles.